The van der Waals surface area contributed by atoms with Crippen molar-refractivity contribution in [3.05, 3.63) is 6.08 Å². The Bertz CT molecular complexity index is 312. The van der Waals surface area contributed by atoms with Gasteiger partial charge in [-0.05, 0) is 42.8 Å². The summed E-state index contributed by atoms with van der Waals surface area (Å²) in [5, 5.41) is -9.12. The second kappa shape index (κ2) is 4.89. The van der Waals surface area contributed by atoms with Crippen molar-refractivity contribution in [2.45, 2.75) is 36.0 Å². The molecule has 17 heavy (non-hydrogen) atoms. The lowest BCUT2D eigenvalue weighted by molar-refractivity contribution is -0.176. The van der Waals surface area contributed by atoms with Crippen LogP contribution in [0.15, 0.2) is 6.08 Å². The lowest BCUT2D eigenvalue weighted by Crippen LogP contribution is -2.60. The zero-order chi connectivity index (χ0) is 14.1. The number of rotatable bonds is 5. The third-order valence-corrected chi connectivity index (χ3v) is 3.07. The maximum atomic E-state index is 13.1. The highest BCUT2D eigenvalue weighted by atomic mass is 35.5. The Kier molecular flexibility index (Phi) is 4.87. The van der Waals surface area contributed by atoms with Crippen LogP contribution in [0, 0.1) is 0 Å². The molecule has 0 aromatic heterocycles. The largest absolute Gasteiger partial charge is 0.396 e. The molecule has 0 amide bonds. The number of carbonyl (C=O) groups excluding carboxylic acids is 1. The molecule has 0 N–H and O–H groups in total. The van der Waals surface area contributed by atoms with Crippen LogP contribution in [-0.4, -0.2) is 30.6 Å². The Hall–Kier alpha value is -0.0731. The maximum Gasteiger partial charge on any atom is 0.360 e. The van der Waals surface area contributed by atoms with Crippen LogP contribution in [0.25, 0.3) is 0 Å². The van der Waals surface area contributed by atoms with Crippen LogP contribution in [0.5, 0.6) is 0 Å². The van der Waals surface area contributed by atoms with Gasteiger partial charge in [0.2, 0.25) is 5.60 Å². The topological polar surface area (TPSA) is 26.3 Å². The van der Waals surface area contributed by atoms with Crippen molar-refractivity contribution in [2.75, 3.05) is 0 Å². The van der Waals surface area contributed by atoms with Gasteiger partial charge in [0.15, 0.2) is 8.32 Å². The molecule has 0 aromatic rings. The molecule has 2 nitrogen and oxygen atoms in total. The molecule has 9 heteroatoms. The van der Waals surface area contributed by atoms with Crippen molar-refractivity contribution in [2.24, 2.45) is 0 Å². The average Bonchev–Trinajstić information content (AvgIpc) is 1.96. The minimum atomic E-state index is -4.56. The predicted molar refractivity (Wildman–Crippen MR) is 59.0 cm³/mol. The summed E-state index contributed by atoms with van der Waals surface area (Å²) in [4.78, 5) is 10.2. The van der Waals surface area contributed by atoms with Crippen molar-refractivity contribution in [1.82, 2.24) is 0 Å². The third-order valence-electron chi connectivity index (χ3n) is 1.57. The van der Waals surface area contributed by atoms with E-state index in [1.54, 1.807) is 0 Å². The predicted octanol–water partition coefficient (Wildman–Crippen LogP) is 3.63. The summed E-state index contributed by atoms with van der Waals surface area (Å²) >= 11 is 9.23. The van der Waals surface area contributed by atoms with E-state index in [0.29, 0.717) is 0 Å². The average molecular weight is 313 g/mol. The summed E-state index contributed by atoms with van der Waals surface area (Å²) in [5.74, 6) is 0.838. The first-order chi connectivity index (χ1) is 7.27. The lowest BCUT2D eigenvalue weighted by Gasteiger charge is -2.40. The van der Waals surface area contributed by atoms with E-state index >= 15 is 0 Å². The molecule has 0 fully saturated rings. The number of hydrogen-bond acceptors (Lipinski definition) is 2. The Labute approximate surface area is 107 Å². The van der Waals surface area contributed by atoms with E-state index in [1.807, 2.05) is 0 Å². The SMILES string of the molecule is C[Si](C)(C)OC(C=C=O)(C(F)(F)Cl)C(F)(F)Cl. The van der Waals surface area contributed by atoms with Gasteiger partial charge in [-0.2, -0.15) is 17.6 Å². The van der Waals surface area contributed by atoms with Crippen LogP contribution in [0.3, 0.4) is 0 Å². The molecule has 0 saturated carbocycles. The van der Waals surface area contributed by atoms with Gasteiger partial charge in [-0.15, -0.1) is 0 Å². The molecular weight excluding hydrogens is 303 g/mol. The highest BCUT2D eigenvalue weighted by Gasteiger charge is 2.69. The van der Waals surface area contributed by atoms with Crippen LogP contribution in [0.4, 0.5) is 17.6 Å². The number of hydrogen-bond donors (Lipinski definition) is 0. The standard InChI is InChI=1S/C8H10Cl2F4O2Si/c1-17(2,3)16-6(4-5-15,7(9,11)12)8(10,13)14/h4H,1-3H3. The van der Waals surface area contributed by atoms with E-state index in [1.165, 1.54) is 19.6 Å². The molecule has 0 aliphatic heterocycles. The molecule has 0 heterocycles. The number of halogens is 6. The summed E-state index contributed by atoms with van der Waals surface area (Å²) in [6.45, 7) is 4.10. The van der Waals surface area contributed by atoms with E-state index in [2.05, 4.69) is 27.6 Å². The summed E-state index contributed by atoms with van der Waals surface area (Å²) in [5.41, 5.74) is -3.71. The minimum Gasteiger partial charge on any atom is -0.396 e. The highest BCUT2D eigenvalue weighted by molar-refractivity contribution is 6.70. The molecule has 0 bridgehead atoms. The fourth-order valence-corrected chi connectivity index (χ4v) is 2.92. The minimum absolute atomic E-state index is 0.175. The quantitative estimate of drug-likeness (QED) is 0.335. The van der Waals surface area contributed by atoms with Crippen LogP contribution in [0.2, 0.25) is 19.6 Å². The van der Waals surface area contributed by atoms with Crippen molar-refractivity contribution in [1.29, 1.82) is 0 Å². The van der Waals surface area contributed by atoms with Gasteiger partial charge in [0.25, 0.3) is 0 Å². The van der Waals surface area contributed by atoms with Gasteiger partial charge in [0.1, 0.15) is 5.94 Å². The van der Waals surface area contributed by atoms with Crippen molar-refractivity contribution >= 4 is 37.5 Å². The number of alkyl halides is 6. The van der Waals surface area contributed by atoms with Gasteiger partial charge < -0.3 is 4.43 Å². The zero-order valence-electron chi connectivity index (χ0n) is 9.16. The van der Waals surface area contributed by atoms with Crippen LogP contribution in [0.1, 0.15) is 0 Å². The molecule has 0 unspecified atom stereocenters. The zero-order valence-corrected chi connectivity index (χ0v) is 11.7. The second-order valence-electron chi connectivity index (χ2n) is 4.21. The Morgan fingerprint density at radius 2 is 1.47 bits per heavy atom. The summed E-state index contributed by atoms with van der Waals surface area (Å²) in [6, 6.07) is 0. The van der Waals surface area contributed by atoms with E-state index < -0.39 is 24.7 Å². The van der Waals surface area contributed by atoms with Gasteiger partial charge in [0, 0.05) is 6.08 Å². The second-order valence-corrected chi connectivity index (χ2v) is 9.59. The fourth-order valence-electron chi connectivity index (χ4n) is 1.04. The van der Waals surface area contributed by atoms with Gasteiger partial charge in [-0.3, -0.25) is 0 Å². The first kappa shape index (κ1) is 16.9. The van der Waals surface area contributed by atoms with E-state index in [9.17, 15) is 22.4 Å². The van der Waals surface area contributed by atoms with Gasteiger partial charge >= 0.3 is 10.8 Å². The summed E-state index contributed by atoms with van der Waals surface area (Å²) in [6.07, 6.45) is -0.175. The smallest absolute Gasteiger partial charge is 0.360 e. The molecule has 0 radical (unpaired) electrons. The Morgan fingerprint density at radius 1 is 1.12 bits per heavy atom. The lowest BCUT2D eigenvalue weighted by atomic mass is 10.1. The first-order valence-electron chi connectivity index (χ1n) is 4.32. The van der Waals surface area contributed by atoms with Crippen molar-refractivity contribution in [3.8, 4) is 0 Å². The van der Waals surface area contributed by atoms with Crippen molar-refractivity contribution in [3.63, 3.8) is 0 Å². The van der Waals surface area contributed by atoms with Crippen LogP contribution in [-0.2, 0) is 9.22 Å². The Morgan fingerprint density at radius 3 is 1.65 bits per heavy atom. The molecule has 0 aliphatic carbocycles. The van der Waals surface area contributed by atoms with E-state index in [0.717, 1.165) is 5.94 Å². The molecule has 0 atom stereocenters. The summed E-state index contributed by atoms with van der Waals surface area (Å²) in [7, 11) is -2.89. The molecule has 100 valence electrons. The maximum absolute atomic E-state index is 13.1. The summed E-state index contributed by atoms with van der Waals surface area (Å²) < 4.78 is 57.2. The monoisotopic (exact) mass is 312 g/mol. The Balaban J connectivity index is 5.86. The molecule has 0 rings (SSSR count). The highest BCUT2D eigenvalue weighted by Crippen LogP contribution is 2.50. The fraction of sp³-hybridized carbons (Fsp3) is 0.750. The van der Waals surface area contributed by atoms with Gasteiger partial charge in [-0.1, -0.05) is 0 Å². The van der Waals surface area contributed by atoms with Gasteiger partial charge in [-0.25, -0.2) is 4.79 Å². The molecule has 0 aliphatic rings. The van der Waals surface area contributed by atoms with E-state index in [4.69, 9.17) is 0 Å². The first-order valence-corrected chi connectivity index (χ1v) is 8.49. The molecule has 0 saturated heterocycles. The molecular formula is C8H10Cl2F4O2Si. The van der Waals surface area contributed by atoms with E-state index in [-0.39, 0.29) is 6.08 Å². The van der Waals surface area contributed by atoms with Crippen molar-refractivity contribution < 1.29 is 26.8 Å². The van der Waals surface area contributed by atoms with Gasteiger partial charge in [0.05, 0.1) is 0 Å². The normalized spacial score (nSPS) is 14.4. The van der Waals surface area contributed by atoms with Crippen LogP contribution < -0.4 is 0 Å². The van der Waals surface area contributed by atoms with Crippen LogP contribution >= 0.6 is 23.2 Å². The molecule has 0 spiro atoms. The third kappa shape index (κ3) is 3.96. The molecule has 0 aromatic carbocycles.